The fourth-order valence-corrected chi connectivity index (χ4v) is 4.11. The Morgan fingerprint density at radius 3 is 2.50 bits per heavy atom. The molecule has 0 radical (unpaired) electrons. The lowest BCUT2D eigenvalue weighted by atomic mass is 9.99. The molecular weight excluding hydrogens is 418 g/mol. The summed E-state index contributed by atoms with van der Waals surface area (Å²) >= 11 is 6.31. The van der Waals surface area contributed by atoms with Crippen molar-refractivity contribution >= 4 is 39.1 Å². The van der Waals surface area contributed by atoms with Gasteiger partial charge in [0.1, 0.15) is 23.3 Å². The van der Waals surface area contributed by atoms with Crippen LogP contribution in [0.4, 0.5) is 0 Å². The van der Waals surface area contributed by atoms with Crippen molar-refractivity contribution in [3.05, 3.63) is 108 Å². The van der Waals surface area contributed by atoms with E-state index in [4.69, 9.17) is 21.0 Å². The van der Waals surface area contributed by atoms with Gasteiger partial charge in [0, 0.05) is 39.6 Å². The number of fused-ring (bicyclic) bond motifs is 3. The van der Waals surface area contributed by atoms with Gasteiger partial charge in [-0.25, -0.2) is 4.98 Å². The Morgan fingerprint density at radius 1 is 0.781 bits per heavy atom. The first-order valence-electron chi connectivity index (χ1n) is 10.2. The van der Waals surface area contributed by atoms with Crippen LogP contribution >= 0.6 is 11.6 Å². The Balaban J connectivity index is 1.59. The van der Waals surface area contributed by atoms with Gasteiger partial charge >= 0.3 is 0 Å². The van der Waals surface area contributed by atoms with E-state index in [1.807, 2.05) is 72.8 Å². The maximum Gasteiger partial charge on any atom is 0.226 e. The van der Waals surface area contributed by atoms with Crippen LogP contribution < -0.4 is 0 Å². The Kier molecular flexibility index (Phi) is 4.39. The molecular formula is C27H15ClN3O+. The summed E-state index contributed by atoms with van der Waals surface area (Å²) in [6, 6.07) is 21.8. The summed E-state index contributed by atoms with van der Waals surface area (Å²) in [5.41, 5.74) is 5.48. The second-order valence-corrected chi connectivity index (χ2v) is 7.74. The predicted octanol–water partition coefficient (Wildman–Crippen LogP) is 7.07. The number of nitrogens with zero attached hydrogens (tertiary/aromatic N) is 3. The van der Waals surface area contributed by atoms with E-state index < -0.39 is 0 Å². The van der Waals surface area contributed by atoms with Crippen LogP contribution in [0.15, 0.2) is 95.5 Å². The largest absolute Gasteiger partial charge is 0.456 e. The molecule has 1 aliphatic rings. The molecule has 0 unspecified atom stereocenters. The lowest BCUT2D eigenvalue weighted by Gasteiger charge is -2.06. The Hall–Kier alpha value is -4.11. The highest BCUT2D eigenvalue weighted by Gasteiger charge is 2.18. The zero-order valence-corrected chi connectivity index (χ0v) is 17.5. The summed E-state index contributed by atoms with van der Waals surface area (Å²) in [6.07, 6.45) is 11.1. The molecule has 0 aliphatic heterocycles. The van der Waals surface area contributed by atoms with Gasteiger partial charge in [-0.2, -0.15) is 9.97 Å². The van der Waals surface area contributed by atoms with Gasteiger partial charge in [0.15, 0.2) is 11.6 Å². The van der Waals surface area contributed by atoms with Crippen LogP contribution in [0, 0.1) is 6.08 Å². The van der Waals surface area contributed by atoms with Crippen LogP contribution in [0.2, 0.25) is 5.28 Å². The number of hydrogen-bond donors (Lipinski definition) is 0. The molecule has 0 N–H and O–H groups in total. The first kappa shape index (κ1) is 18.6. The number of allylic oxidation sites excluding steroid dienone is 6. The fourth-order valence-electron chi connectivity index (χ4n) is 3.95. The van der Waals surface area contributed by atoms with Crippen molar-refractivity contribution in [1.29, 1.82) is 0 Å². The molecule has 2 heterocycles. The third-order valence-electron chi connectivity index (χ3n) is 5.42. The van der Waals surface area contributed by atoms with E-state index in [0.717, 1.165) is 44.2 Å². The van der Waals surface area contributed by atoms with Crippen molar-refractivity contribution < 1.29 is 4.42 Å². The number of rotatable bonds is 3. The number of furan rings is 1. The molecule has 1 aliphatic carbocycles. The highest BCUT2D eigenvalue weighted by Crippen LogP contribution is 2.37. The van der Waals surface area contributed by atoms with Crippen LogP contribution in [0.25, 0.3) is 50.3 Å². The average molecular weight is 433 g/mol. The highest BCUT2D eigenvalue weighted by atomic mass is 35.5. The standard InChI is InChI=1S/C27H15ClN3O/c28-27-30-25(18-10-5-2-6-11-18)29-26(31-27)20-12-7-13-23-24(20)21-16-19(14-15-22(21)32-23)17-8-3-1-4-9-17/h1-3,5-16H/q+1. The quantitative estimate of drug-likeness (QED) is 0.286. The van der Waals surface area contributed by atoms with Gasteiger partial charge in [-0.15, -0.1) is 0 Å². The van der Waals surface area contributed by atoms with E-state index in [-0.39, 0.29) is 5.28 Å². The Bertz CT molecular complexity index is 1580. The summed E-state index contributed by atoms with van der Waals surface area (Å²) in [5.74, 6) is 1.04. The Morgan fingerprint density at radius 2 is 1.66 bits per heavy atom. The molecule has 2 aromatic heterocycles. The molecule has 6 rings (SSSR count). The lowest BCUT2D eigenvalue weighted by Crippen LogP contribution is -1.97. The minimum atomic E-state index is 0.152. The minimum Gasteiger partial charge on any atom is -0.456 e. The number of aromatic nitrogens is 3. The van der Waals surface area contributed by atoms with Gasteiger partial charge in [-0.05, 0) is 35.9 Å². The summed E-state index contributed by atoms with van der Waals surface area (Å²) in [6.45, 7) is 0. The van der Waals surface area contributed by atoms with E-state index in [9.17, 15) is 0 Å². The van der Waals surface area contributed by atoms with Gasteiger partial charge in [-0.1, -0.05) is 42.5 Å². The van der Waals surface area contributed by atoms with E-state index in [0.29, 0.717) is 11.6 Å². The van der Waals surface area contributed by atoms with Crippen LogP contribution in [-0.4, -0.2) is 15.0 Å². The average Bonchev–Trinajstić information content (AvgIpc) is 3.23. The Labute approximate surface area is 189 Å². The van der Waals surface area contributed by atoms with Crippen molar-refractivity contribution in [2.75, 3.05) is 0 Å². The van der Waals surface area contributed by atoms with Gasteiger partial charge < -0.3 is 4.42 Å². The second kappa shape index (κ2) is 7.54. The fraction of sp³-hybridized carbons (Fsp3) is 0. The predicted molar refractivity (Wildman–Crippen MR) is 128 cm³/mol. The van der Waals surface area contributed by atoms with Crippen LogP contribution in [0.5, 0.6) is 0 Å². The number of benzene rings is 3. The molecule has 5 aromatic rings. The molecule has 0 fully saturated rings. The molecule has 0 bridgehead atoms. The van der Waals surface area contributed by atoms with E-state index >= 15 is 0 Å². The van der Waals surface area contributed by atoms with Crippen LogP contribution in [0.1, 0.15) is 5.56 Å². The lowest BCUT2D eigenvalue weighted by molar-refractivity contribution is 0.669. The topological polar surface area (TPSA) is 51.8 Å². The molecule has 4 nitrogen and oxygen atoms in total. The molecule has 0 atom stereocenters. The first-order valence-corrected chi connectivity index (χ1v) is 10.5. The van der Waals surface area contributed by atoms with Crippen LogP contribution in [-0.2, 0) is 0 Å². The zero-order valence-electron chi connectivity index (χ0n) is 16.8. The number of hydrogen-bond acceptors (Lipinski definition) is 4. The van der Waals surface area contributed by atoms with Crippen molar-refractivity contribution in [3.8, 4) is 22.8 Å². The third-order valence-corrected chi connectivity index (χ3v) is 5.59. The summed E-state index contributed by atoms with van der Waals surface area (Å²) in [4.78, 5) is 13.5. The van der Waals surface area contributed by atoms with E-state index in [1.165, 1.54) is 0 Å². The summed E-state index contributed by atoms with van der Waals surface area (Å²) in [7, 11) is 0. The van der Waals surface area contributed by atoms with Gasteiger partial charge in [-0.3, -0.25) is 0 Å². The van der Waals surface area contributed by atoms with Crippen molar-refractivity contribution in [1.82, 2.24) is 15.0 Å². The normalized spacial score (nSPS) is 12.8. The van der Waals surface area contributed by atoms with Gasteiger partial charge in [0.2, 0.25) is 5.28 Å². The van der Waals surface area contributed by atoms with Gasteiger partial charge in [0.25, 0.3) is 0 Å². The maximum atomic E-state index is 6.31. The van der Waals surface area contributed by atoms with Crippen LogP contribution in [0.3, 0.4) is 0 Å². The minimum absolute atomic E-state index is 0.152. The summed E-state index contributed by atoms with van der Waals surface area (Å²) < 4.78 is 6.14. The molecule has 150 valence electrons. The van der Waals surface area contributed by atoms with E-state index in [2.05, 4.69) is 34.3 Å². The second-order valence-electron chi connectivity index (χ2n) is 7.40. The van der Waals surface area contributed by atoms with E-state index in [1.54, 1.807) is 0 Å². The molecule has 5 heteroatoms. The monoisotopic (exact) mass is 432 g/mol. The number of halogens is 1. The molecule has 0 saturated heterocycles. The SMILES string of the molecule is Clc1nc(-c2ccccc2)nc(-c2cccc3oc4ccc(C5=CC=C[C+]=C5)cc4c23)n1. The molecule has 0 amide bonds. The molecule has 32 heavy (non-hydrogen) atoms. The maximum absolute atomic E-state index is 6.31. The van der Waals surface area contributed by atoms with Crippen molar-refractivity contribution in [3.63, 3.8) is 0 Å². The first-order chi connectivity index (χ1) is 15.8. The highest BCUT2D eigenvalue weighted by molar-refractivity contribution is 6.28. The molecule has 0 spiro atoms. The van der Waals surface area contributed by atoms with Crippen molar-refractivity contribution in [2.24, 2.45) is 0 Å². The molecule has 0 saturated carbocycles. The smallest absolute Gasteiger partial charge is 0.226 e. The summed E-state index contributed by atoms with van der Waals surface area (Å²) in [5, 5.41) is 2.10. The van der Waals surface area contributed by atoms with Crippen molar-refractivity contribution in [2.45, 2.75) is 0 Å². The zero-order chi connectivity index (χ0) is 21.5. The van der Waals surface area contributed by atoms with Gasteiger partial charge in [0.05, 0.1) is 11.6 Å². The third kappa shape index (κ3) is 3.19. The molecule has 3 aromatic carbocycles.